The number of carbonyl (C=O) groups excluding carboxylic acids is 2. The van der Waals surface area contributed by atoms with Crippen molar-refractivity contribution in [3.05, 3.63) is 70.7 Å². The lowest BCUT2D eigenvalue weighted by Crippen LogP contribution is -2.21. The van der Waals surface area contributed by atoms with E-state index in [9.17, 15) is 14.7 Å². The summed E-state index contributed by atoms with van der Waals surface area (Å²) in [5.41, 5.74) is 1.40. The third-order valence-electron chi connectivity index (χ3n) is 3.92. The minimum Gasteiger partial charge on any atom is -0.506 e. The van der Waals surface area contributed by atoms with Gasteiger partial charge in [0.25, 0.3) is 5.91 Å². The monoisotopic (exact) mass is 369 g/mol. The summed E-state index contributed by atoms with van der Waals surface area (Å²) in [7, 11) is 0. The Kier molecular flexibility index (Phi) is 5.09. The molecule has 132 valence electrons. The van der Waals surface area contributed by atoms with Crippen molar-refractivity contribution in [3.8, 4) is 5.75 Å². The topological polar surface area (TPSA) is 75.6 Å². The van der Waals surface area contributed by atoms with Crippen LogP contribution in [0.1, 0.15) is 15.9 Å². The smallest absolute Gasteiger partial charge is 0.342 e. The van der Waals surface area contributed by atoms with E-state index in [0.717, 1.165) is 10.9 Å². The molecule has 0 aromatic heterocycles. The molecule has 3 aromatic rings. The Hall–Kier alpha value is -3.05. The second kappa shape index (κ2) is 7.45. The first-order chi connectivity index (χ1) is 12.5. The van der Waals surface area contributed by atoms with E-state index in [4.69, 9.17) is 16.3 Å². The molecule has 0 radical (unpaired) electrons. The van der Waals surface area contributed by atoms with Crippen molar-refractivity contribution in [2.24, 2.45) is 0 Å². The molecule has 0 atom stereocenters. The van der Waals surface area contributed by atoms with Crippen molar-refractivity contribution in [1.82, 2.24) is 0 Å². The molecule has 5 nitrogen and oxygen atoms in total. The van der Waals surface area contributed by atoms with Gasteiger partial charge in [0.1, 0.15) is 11.3 Å². The van der Waals surface area contributed by atoms with E-state index in [0.29, 0.717) is 16.1 Å². The number of hydrogen-bond acceptors (Lipinski definition) is 4. The van der Waals surface area contributed by atoms with E-state index in [1.54, 1.807) is 43.3 Å². The van der Waals surface area contributed by atoms with Gasteiger partial charge >= 0.3 is 5.97 Å². The highest BCUT2D eigenvalue weighted by atomic mass is 35.5. The van der Waals surface area contributed by atoms with Gasteiger partial charge in [0.15, 0.2) is 6.61 Å². The summed E-state index contributed by atoms with van der Waals surface area (Å²) < 4.78 is 5.02. The molecule has 0 fully saturated rings. The molecule has 0 spiro atoms. The van der Waals surface area contributed by atoms with E-state index in [2.05, 4.69) is 5.32 Å². The van der Waals surface area contributed by atoms with Crippen molar-refractivity contribution < 1.29 is 19.4 Å². The second-order valence-corrected chi connectivity index (χ2v) is 6.20. The number of anilines is 1. The SMILES string of the molecule is Cc1cc(Cl)ccc1NC(=O)COC(=O)c1ccc2ccccc2c1O. The van der Waals surface area contributed by atoms with Gasteiger partial charge in [-0.15, -0.1) is 0 Å². The van der Waals surface area contributed by atoms with Crippen molar-refractivity contribution in [3.63, 3.8) is 0 Å². The minimum atomic E-state index is -0.767. The van der Waals surface area contributed by atoms with Crippen LogP contribution in [0.3, 0.4) is 0 Å². The van der Waals surface area contributed by atoms with Gasteiger partial charge in [0.05, 0.1) is 0 Å². The van der Waals surface area contributed by atoms with Crippen LogP contribution in [0.25, 0.3) is 10.8 Å². The van der Waals surface area contributed by atoms with Crippen molar-refractivity contribution in [1.29, 1.82) is 0 Å². The lowest BCUT2D eigenvalue weighted by atomic mass is 10.1. The minimum absolute atomic E-state index is 0.0131. The first-order valence-corrected chi connectivity index (χ1v) is 8.27. The number of nitrogens with one attached hydrogen (secondary N) is 1. The van der Waals surface area contributed by atoms with Crippen LogP contribution in [-0.4, -0.2) is 23.6 Å². The largest absolute Gasteiger partial charge is 0.506 e. The molecule has 0 bridgehead atoms. The van der Waals surface area contributed by atoms with Crippen LogP contribution in [-0.2, 0) is 9.53 Å². The quantitative estimate of drug-likeness (QED) is 0.672. The summed E-state index contributed by atoms with van der Waals surface area (Å²) in [6.07, 6.45) is 0. The molecule has 6 heteroatoms. The Bertz CT molecular complexity index is 1000. The molecule has 26 heavy (non-hydrogen) atoms. The summed E-state index contributed by atoms with van der Waals surface area (Å²) in [5.74, 6) is -1.41. The molecule has 0 unspecified atom stereocenters. The summed E-state index contributed by atoms with van der Waals surface area (Å²) in [6, 6.07) is 15.4. The van der Waals surface area contributed by atoms with Gasteiger partial charge in [-0.25, -0.2) is 4.79 Å². The zero-order valence-electron chi connectivity index (χ0n) is 14.0. The van der Waals surface area contributed by atoms with Crippen molar-refractivity contribution >= 4 is 39.9 Å². The molecular weight excluding hydrogens is 354 g/mol. The summed E-state index contributed by atoms with van der Waals surface area (Å²) >= 11 is 5.87. The van der Waals surface area contributed by atoms with Crippen LogP contribution in [0.15, 0.2) is 54.6 Å². The maximum absolute atomic E-state index is 12.2. The van der Waals surface area contributed by atoms with Gasteiger partial charge in [0.2, 0.25) is 0 Å². The zero-order valence-corrected chi connectivity index (χ0v) is 14.7. The molecule has 0 aliphatic heterocycles. The van der Waals surface area contributed by atoms with E-state index >= 15 is 0 Å². The molecule has 0 aliphatic carbocycles. The number of halogens is 1. The fourth-order valence-electron chi connectivity index (χ4n) is 2.58. The van der Waals surface area contributed by atoms with Gasteiger partial charge in [-0.05, 0) is 42.1 Å². The lowest BCUT2D eigenvalue weighted by Gasteiger charge is -2.10. The molecule has 0 saturated carbocycles. The molecule has 3 rings (SSSR count). The van der Waals surface area contributed by atoms with Crippen LogP contribution in [0, 0.1) is 6.92 Å². The van der Waals surface area contributed by atoms with Gasteiger partial charge < -0.3 is 15.2 Å². The predicted molar refractivity (Wildman–Crippen MR) is 101 cm³/mol. The Morgan fingerprint density at radius 1 is 1.12 bits per heavy atom. The summed E-state index contributed by atoms with van der Waals surface area (Å²) in [4.78, 5) is 24.2. The number of benzene rings is 3. The number of phenols is 1. The van der Waals surface area contributed by atoms with Crippen LogP contribution < -0.4 is 5.32 Å². The molecule has 0 aliphatic rings. The lowest BCUT2D eigenvalue weighted by molar-refractivity contribution is -0.119. The highest BCUT2D eigenvalue weighted by Gasteiger charge is 2.16. The Balaban J connectivity index is 1.67. The number of rotatable bonds is 4. The van der Waals surface area contributed by atoms with Gasteiger partial charge in [-0.2, -0.15) is 0 Å². The molecule has 0 heterocycles. The van der Waals surface area contributed by atoms with E-state index in [1.807, 2.05) is 12.1 Å². The van der Waals surface area contributed by atoms with Crippen molar-refractivity contribution in [2.75, 3.05) is 11.9 Å². The molecular formula is C20H16ClNO4. The highest BCUT2D eigenvalue weighted by Crippen LogP contribution is 2.29. The number of aromatic hydroxyl groups is 1. The van der Waals surface area contributed by atoms with Gasteiger partial charge in [0, 0.05) is 16.1 Å². The van der Waals surface area contributed by atoms with Crippen LogP contribution >= 0.6 is 11.6 Å². The van der Waals surface area contributed by atoms with Crippen molar-refractivity contribution in [2.45, 2.75) is 6.92 Å². The Morgan fingerprint density at radius 3 is 2.65 bits per heavy atom. The molecule has 2 N–H and O–H groups in total. The number of phenolic OH excluding ortho intramolecular Hbond substituents is 1. The third kappa shape index (κ3) is 3.78. The third-order valence-corrected chi connectivity index (χ3v) is 4.15. The van der Waals surface area contributed by atoms with Crippen LogP contribution in [0.2, 0.25) is 5.02 Å². The second-order valence-electron chi connectivity index (χ2n) is 5.77. The summed E-state index contributed by atoms with van der Waals surface area (Å²) in [6.45, 7) is 1.34. The number of aryl methyl sites for hydroxylation is 1. The predicted octanol–water partition coefficient (Wildman–Crippen LogP) is 4.30. The first kappa shape index (κ1) is 17.8. The standard InChI is InChI=1S/C20H16ClNO4/c1-12-10-14(21)7-9-17(12)22-18(23)11-26-20(25)16-8-6-13-4-2-3-5-15(13)19(16)24/h2-10,24H,11H2,1H3,(H,22,23). The van der Waals surface area contributed by atoms with Gasteiger partial charge in [-0.1, -0.05) is 41.9 Å². The highest BCUT2D eigenvalue weighted by molar-refractivity contribution is 6.30. The number of ether oxygens (including phenoxy) is 1. The fraction of sp³-hybridized carbons (Fsp3) is 0.100. The average Bonchev–Trinajstić information content (AvgIpc) is 2.62. The van der Waals surface area contributed by atoms with Crippen LogP contribution in [0.4, 0.5) is 5.69 Å². The normalized spacial score (nSPS) is 10.5. The summed E-state index contributed by atoms with van der Waals surface area (Å²) in [5, 5.41) is 14.8. The van der Waals surface area contributed by atoms with E-state index in [1.165, 1.54) is 6.07 Å². The maximum atomic E-state index is 12.2. The zero-order chi connectivity index (χ0) is 18.7. The number of hydrogen-bond donors (Lipinski definition) is 2. The molecule has 0 saturated heterocycles. The number of amides is 1. The molecule has 3 aromatic carbocycles. The number of esters is 1. The Morgan fingerprint density at radius 2 is 1.88 bits per heavy atom. The van der Waals surface area contributed by atoms with E-state index in [-0.39, 0.29) is 11.3 Å². The molecule has 1 amide bonds. The average molecular weight is 370 g/mol. The van der Waals surface area contributed by atoms with Gasteiger partial charge in [-0.3, -0.25) is 4.79 Å². The number of fused-ring (bicyclic) bond motifs is 1. The number of carbonyl (C=O) groups is 2. The maximum Gasteiger partial charge on any atom is 0.342 e. The Labute approximate surface area is 155 Å². The fourth-order valence-corrected chi connectivity index (χ4v) is 2.81. The van der Waals surface area contributed by atoms with Crippen LogP contribution in [0.5, 0.6) is 5.75 Å². The van der Waals surface area contributed by atoms with E-state index < -0.39 is 18.5 Å². The first-order valence-electron chi connectivity index (χ1n) is 7.89.